The Morgan fingerprint density at radius 2 is 2.12 bits per heavy atom. The van der Waals surface area contributed by atoms with E-state index in [0.717, 1.165) is 18.5 Å². The predicted octanol–water partition coefficient (Wildman–Crippen LogP) is 3.97. The van der Waals surface area contributed by atoms with Crippen LogP contribution in [0.2, 0.25) is 5.02 Å². The minimum Gasteiger partial charge on any atom is -0.339 e. The molecule has 1 aliphatic rings. The topological polar surface area (TPSA) is 59.2 Å². The molecule has 1 amide bonds. The van der Waals surface area contributed by atoms with E-state index in [4.69, 9.17) is 16.1 Å². The second-order valence-electron chi connectivity index (χ2n) is 5.95. The number of amides is 1. The van der Waals surface area contributed by atoms with Gasteiger partial charge in [0.05, 0.1) is 0 Å². The number of benzene rings is 1. The molecule has 25 heavy (non-hydrogen) atoms. The average molecular weight is 374 g/mol. The lowest BCUT2D eigenvalue weighted by Gasteiger charge is -2.26. The van der Waals surface area contributed by atoms with E-state index in [9.17, 15) is 4.79 Å². The molecule has 0 fully saturated rings. The lowest BCUT2D eigenvalue weighted by Crippen LogP contribution is -2.35. The third-order valence-electron chi connectivity index (χ3n) is 4.28. The molecular weight excluding hydrogens is 358 g/mol. The van der Waals surface area contributed by atoms with Crippen LogP contribution in [0.5, 0.6) is 0 Å². The van der Waals surface area contributed by atoms with Crippen LogP contribution in [0.15, 0.2) is 40.2 Å². The lowest BCUT2D eigenvalue weighted by atomic mass is 10.1. The molecule has 0 unspecified atom stereocenters. The van der Waals surface area contributed by atoms with Gasteiger partial charge < -0.3 is 9.42 Å². The Bertz CT molecular complexity index is 888. The number of hydrogen-bond donors (Lipinski definition) is 0. The van der Waals surface area contributed by atoms with E-state index in [0.29, 0.717) is 36.1 Å². The van der Waals surface area contributed by atoms with Crippen LogP contribution < -0.4 is 0 Å². The molecule has 0 atom stereocenters. The number of carbonyl (C=O) groups excluding carboxylic acids is 1. The van der Waals surface area contributed by atoms with E-state index in [1.807, 2.05) is 17.0 Å². The summed E-state index contributed by atoms with van der Waals surface area (Å²) in [4.78, 5) is 20.1. The van der Waals surface area contributed by atoms with Crippen LogP contribution in [0, 0.1) is 0 Å². The summed E-state index contributed by atoms with van der Waals surface area (Å²) in [7, 11) is 0. The van der Waals surface area contributed by atoms with Crippen LogP contribution in [-0.2, 0) is 24.2 Å². The van der Waals surface area contributed by atoms with Gasteiger partial charge in [0.15, 0.2) is 0 Å². The molecule has 1 aromatic carbocycles. The third kappa shape index (κ3) is 3.60. The van der Waals surface area contributed by atoms with Gasteiger partial charge in [-0.25, -0.2) is 0 Å². The molecule has 5 nitrogen and oxygen atoms in total. The van der Waals surface area contributed by atoms with Gasteiger partial charge in [-0.05, 0) is 47.7 Å². The van der Waals surface area contributed by atoms with Crippen molar-refractivity contribution < 1.29 is 9.32 Å². The lowest BCUT2D eigenvalue weighted by molar-refractivity contribution is -0.132. The predicted molar refractivity (Wildman–Crippen MR) is 96.5 cm³/mol. The zero-order valence-corrected chi connectivity index (χ0v) is 15.0. The molecule has 4 rings (SSSR count). The molecule has 1 aliphatic heterocycles. The van der Waals surface area contributed by atoms with Crippen LogP contribution in [0.4, 0.5) is 0 Å². The summed E-state index contributed by atoms with van der Waals surface area (Å²) in [5.41, 5.74) is 2.11. The Balaban J connectivity index is 1.36. The van der Waals surface area contributed by atoms with E-state index in [-0.39, 0.29) is 5.91 Å². The number of hydrogen-bond acceptors (Lipinski definition) is 5. The number of carbonyl (C=O) groups is 1. The molecule has 2 aromatic heterocycles. The number of halogens is 1. The molecule has 0 N–H and O–H groups in total. The maximum absolute atomic E-state index is 12.4. The second kappa shape index (κ2) is 6.98. The largest absolute Gasteiger partial charge is 0.339 e. The van der Waals surface area contributed by atoms with E-state index >= 15 is 0 Å². The minimum absolute atomic E-state index is 0.128. The molecule has 3 heterocycles. The zero-order valence-electron chi connectivity index (χ0n) is 13.4. The first kappa shape index (κ1) is 16.3. The number of fused-ring (bicyclic) bond motifs is 1. The van der Waals surface area contributed by atoms with E-state index in [1.54, 1.807) is 23.5 Å². The van der Waals surface area contributed by atoms with Crippen LogP contribution >= 0.6 is 22.9 Å². The first-order chi connectivity index (χ1) is 12.2. The molecule has 0 bridgehead atoms. The second-order valence-corrected chi connectivity index (χ2v) is 7.39. The number of thiophene rings is 1. The third-order valence-corrected chi connectivity index (χ3v) is 5.56. The van der Waals surface area contributed by atoms with Gasteiger partial charge in [0.1, 0.15) is 0 Å². The summed E-state index contributed by atoms with van der Waals surface area (Å²) >= 11 is 7.65. The van der Waals surface area contributed by atoms with Crippen molar-refractivity contribution in [2.75, 3.05) is 6.54 Å². The van der Waals surface area contributed by atoms with Crippen molar-refractivity contribution in [1.29, 1.82) is 0 Å². The Morgan fingerprint density at radius 1 is 1.28 bits per heavy atom. The van der Waals surface area contributed by atoms with Crippen molar-refractivity contribution in [3.8, 4) is 11.4 Å². The maximum Gasteiger partial charge on any atom is 0.227 e. The normalized spacial score (nSPS) is 13.7. The van der Waals surface area contributed by atoms with Crippen molar-refractivity contribution in [2.24, 2.45) is 0 Å². The Labute approximate surface area is 154 Å². The molecular formula is C18H16ClN3O2S. The molecule has 0 aliphatic carbocycles. The van der Waals surface area contributed by atoms with Gasteiger partial charge in [-0.2, -0.15) is 4.98 Å². The van der Waals surface area contributed by atoms with Crippen LogP contribution in [0.3, 0.4) is 0 Å². The van der Waals surface area contributed by atoms with Gasteiger partial charge in [0.25, 0.3) is 0 Å². The molecule has 7 heteroatoms. The van der Waals surface area contributed by atoms with Crippen molar-refractivity contribution >= 4 is 28.8 Å². The SMILES string of the molecule is O=C(CCc1nc(-c2ccc(Cl)cc2)no1)N1CCc2sccc2C1. The fourth-order valence-electron chi connectivity index (χ4n) is 2.91. The standard InChI is InChI=1S/C18H16ClN3O2S/c19-14-3-1-12(2-4-14)18-20-16(24-21-18)5-6-17(23)22-9-7-15-13(11-22)8-10-25-15/h1-4,8,10H,5-7,9,11H2. The minimum atomic E-state index is 0.128. The highest BCUT2D eigenvalue weighted by Gasteiger charge is 2.21. The number of nitrogens with zero attached hydrogens (tertiary/aromatic N) is 3. The van der Waals surface area contributed by atoms with Crippen molar-refractivity contribution in [2.45, 2.75) is 25.8 Å². The number of rotatable bonds is 4. The van der Waals surface area contributed by atoms with Gasteiger partial charge in [0.2, 0.25) is 17.6 Å². The van der Waals surface area contributed by atoms with Gasteiger partial charge >= 0.3 is 0 Å². The molecule has 0 radical (unpaired) electrons. The molecule has 3 aromatic rings. The maximum atomic E-state index is 12.4. The highest BCUT2D eigenvalue weighted by atomic mass is 35.5. The fourth-order valence-corrected chi connectivity index (χ4v) is 3.92. The Kier molecular flexibility index (Phi) is 4.55. The van der Waals surface area contributed by atoms with Gasteiger partial charge in [0, 0.05) is 41.4 Å². The summed E-state index contributed by atoms with van der Waals surface area (Å²) < 4.78 is 5.27. The van der Waals surface area contributed by atoms with Crippen LogP contribution in [-0.4, -0.2) is 27.5 Å². The van der Waals surface area contributed by atoms with E-state index in [2.05, 4.69) is 21.6 Å². The molecule has 0 saturated heterocycles. The monoisotopic (exact) mass is 373 g/mol. The highest BCUT2D eigenvalue weighted by Crippen LogP contribution is 2.24. The highest BCUT2D eigenvalue weighted by molar-refractivity contribution is 7.10. The first-order valence-corrected chi connectivity index (χ1v) is 9.36. The van der Waals surface area contributed by atoms with E-state index < -0.39 is 0 Å². The van der Waals surface area contributed by atoms with Gasteiger partial charge in [-0.1, -0.05) is 16.8 Å². The van der Waals surface area contributed by atoms with Crippen LogP contribution in [0.25, 0.3) is 11.4 Å². The van der Waals surface area contributed by atoms with Gasteiger partial charge in [-0.3, -0.25) is 4.79 Å². The molecule has 128 valence electrons. The molecule has 0 spiro atoms. The Morgan fingerprint density at radius 3 is 2.96 bits per heavy atom. The molecule has 0 saturated carbocycles. The number of aromatic nitrogens is 2. The summed E-state index contributed by atoms with van der Waals surface area (Å²) in [6, 6.07) is 9.36. The summed E-state index contributed by atoms with van der Waals surface area (Å²) in [6.07, 6.45) is 1.77. The van der Waals surface area contributed by atoms with Crippen LogP contribution in [0.1, 0.15) is 22.8 Å². The van der Waals surface area contributed by atoms with E-state index in [1.165, 1.54) is 10.4 Å². The van der Waals surface area contributed by atoms with Crippen molar-refractivity contribution in [3.05, 3.63) is 57.1 Å². The fraction of sp³-hybridized carbons (Fsp3) is 0.278. The summed E-state index contributed by atoms with van der Waals surface area (Å²) in [6.45, 7) is 1.49. The van der Waals surface area contributed by atoms with Crippen molar-refractivity contribution in [1.82, 2.24) is 15.0 Å². The average Bonchev–Trinajstić information content (AvgIpc) is 3.29. The first-order valence-electron chi connectivity index (χ1n) is 8.10. The Hall–Kier alpha value is -2.18. The summed E-state index contributed by atoms with van der Waals surface area (Å²) in [5.74, 6) is 1.12. The zero-order chi connectivity index (χ0) is 17.2. The quantitative estimate of drug-likeness (QED) is 0.694. The number of aryl methyl sites for hydroxylation is 1. The van der Waals surface area contributed by atoms with Crippen molar-refractivity contribution in [3.63, 3.8) is 0 Å². The summed E-state index contributed by atoms with van der Waals surface area (Å²) in [5, 5.41) is 6.73. The smallest absolute Gasteiger partial charge is 0.227 e. The van der Waals surface area contributed by atoms with Gasteiger partial charge in [-0.15, -0.1) is 11.3 Å².